The number of hydrogen-bond donors (Lipinski definition) is 1. The minimum absolute atomic E-state index is 0.449. The summed E-state index contributed by atoms with van der Waals surface area (Å²) in [5, 5.41) is 3.80. The van der Waals surface area contributed by atoms with Crippen molar-refractivity contribution in [3.63, 3.8) is 0 Å². The Labute approximate surface area is 117 Å². The van der Waals surface area contributed by atoms with E-state index >= 15 is 0 Å². The summed E-state index contributed by atoms with van der Waals surface area (Å²) in [6.45, 7) is 8.38. The van der Waals surface area contributed by atoms with Crippen LogP contribution in [0.1, 0.15) is 52.1 Å². The van der Waals surface area contributed by atoms with Gasteiger partial charge in [0, 0.05) is 18.8 Å². The highest BCUT2D eigenvalue weighted by Crippen LogP contribution is 2.62. The topological polar surface area (TPSA) is 24.9 Å². The van der Waals surface area contributed by atoms with E-state index in [2.05, 4.69) is 43.2 Å². The van der Waals surface area contributed by atoms with Crippen molar-refractivity contribution in [1.82, 2.24) is 10.3 Å². The summed E-state index contributed by atoms with van der Waals surface area (Å²) in [5.41, 5.74) is 2.09. The van der Waals surface area contributed by atoms with E-state index in [1.165, 1.54) is 25.7 Å². The zero-order valence-corrected chi connectivity index (χ0v) is 12.4. The van der Waals surface area contributed by atoms with E-state index in [0.717, 1.165) is 18.2 Å². The van der Waals surface area contributed by atoms with Crippen molar-refractivity contribution in [3.05, 3.63) is 30.1 Å². The van der Waals surface area contributed by atoms with E-state index in [0.29, 0.717) is 16.9 Å². The third-order valence-corrected chi connectivity index (χ3v) is 6.29. The molecule has 1 aromatic heterocycles. The van der Waals surface area contributed by atoms with Gasteiger partial charge in [0.05, 0.1) is 5.69 Å². The molecule has 0 saturated heterocycles. The van der Waals surface area contributed by atoms with Crippen LogP contribution in [-0.2, 0) is 6.54 Å². The lowest BCUT2D eigenvalue weighted by molar-refractivity contribution is 0.0242. The molecule has 2 saturated carbocycles. The fourth-order valence-electron chi connectivity index (χ4n) is 4.48. The molecular formula is C17H26N2. The molecule has 1 N–H and O–H groups in total. The Hall–Kier alpha value is -0.890. The van der Waals surface area contributed by atoms with Crippen LogP contribution in [-0.4, -0.2) is 11.0 Å². The Morgan fingerprint density at radius 2 is 2.16 bits per heavy atom. The maximum atomic E-state index is 4.42. The van der Waals surface area contributed by atoms with Crippen molar-refractivity contribution in [3.8, 4) is 0 Å². The highest BCUT2D eigenvalue weighted by atomic mass is 15.0. The molecule has 0 aromatic carbocycles. The number of nitrogens with one attached hydrogen (secondary N) is 1. The molecule has 2 nitrogen and oxygen atoms in total. The van der Waals surface area contributed by atoms with E-state index in [9.17, 15) is 0 Å². The lowest BCUT2D eigenvalue weighted by Gasteiger charge is -2.48. The molecule has 2 aliphatic carbocycles. The first kappa shape index (κ1) is 13.1. The lowest BCUT2D eigenvalue weighted by Crippen LogP contribution is -2.47. The number of nitrogens with zero attached hydrogens (tertiary/aromatic N) is 1. The molecule has 2 heteroatoms. The first-order chi connectivity index (χ1) is 9.04. The molecule has 0 aliphatic heterocycles. The molecular weight excluding hydrogens is 232 g/mol. The summed E-state index contributed by atoms with van der Waals surface area (Å²) in [6, 6.07) is 6.82. The van der Waals surface area contributed by atoms with Gasteiger partial charge in [-0.1, -0.05) is 33.3 Å². The fraction of sp³-hybridized carbons (Fsp3) is 0.706. The monoisotopic (exact) mass is 258 g/mol. The Balaban J connectivity index is 1.72. The molecule has 2 fully saturated rings. The van der Waals surface area contributed by atoms with Gasteiger partial charge in [-0.15, -0.1) is 0 Å². The van der Waals surface area contributed by atoms with Gasteiger partial charge >= 0.3 is 0 Å². The number of aromatic nitrogens is 1. The molecule has 0 spiro atoms. The predicted molar refractivity (Wildman–Crippen MR) is 78.7 cm³/mol. The molecule has 1 aromatic rings. The second-order valence-electron chi connectivity index (χ2n) is 7.22. The van der Waals surface area contributed by atoms with Gasteiger partial charge in [0.2, 0.25) is 0 Å². The average molecular weight is 258 g/mol. The number of hydrogen-bond acceptors (Lipinski definition) is 2. The Morgan fingerprint density at radius 3 is 2.84 bits per heavy atom. The Morgan fingerprint density at radius 1 is 1.32 bits per heavy atom. The molecule has 2 bridgehead atoms. The molecule has 104 valence electrons. The van der Waals surface area contributed by atoms with Crippen LogP contribution in [0.2, 0.25) is 0 Å². The number of pyridine rings is 1. The van der Waals surface area contributed by atoms with Crippen molar-refractivity contribution < 1.29 is 0 Å². The van der Waals surface area contributed by atoms with Crippen LogP contribution in [0.25, 0.3) is 0 Å². The lowest BCUT2D eigenvalue weighted by atomic mass is 9.58. The first-order valence-corrected chi connectivity index (χ1v) is 7.67. The van der Waals surface area contributed by atoms with Gasteiger partial charge in [-0.05, 0) is 48.1 Å². The molecule has 3 atom stereocenters. The van der Waals surface area contributed by atoms with Crippen LogP contribution >= 0.6 is 0 Å². The molecule has 3 rings (SSSR count). The fourth-order valence-corrected chi connectivity index (χ4v) is 4.48. The zero-order valence-electron chi connectivity index (χ0n) is 12.4. The van der Waals surface area contributed by atoms with E-state index in [-0.39, 0.29) is 0 Å². The van der Waals surface area contributed by atoms with Crippen molar-refractivity contribution >= 4 is 0 Å². The van der Waals surface area contributed by atoms with Gasteiger partial charge in [0.1, 0.15) is 0 Å². The summed E-state index contributed by atoms with van der Waals surface area (Å²) in [6.07, 6.45) is 7.43. The van der Waals surface area contributed by atoms with Gasteiger partial charge in [0.25, 0.3) is 0 Å². The van der Waals surface area contributed by atoms with Crippen LogP contribution < -0.4 is 5.32 Å². The summed E-state index contributed by atoms with van der Waals surface area (Å²) in [7, 11) is 0. The van der Waals surface area contributed by atoms with E-state index in [1.807, 2.05) is 12.3 Å². The molecule has 0 amide bonds. The molecule has 2 unspecified atom stereocenters. The number of fused-ring (bicyclic) bond motifs is 2. The highest BCUT2D eigenvalue weighted by molar-refractivity contribution is 5.11. The van der Waals surface area contributed by atoms with Gasteiger partial charge in [-0.2, -0.15) is 0 Å². The van der Waals surface area contributed by atoms with E-state index in [1.54, 1.807) is 0 Å². The average Bonchev–Trinajstić information content (AvgIpc) is 2.54. The summed E-state index contributed by atoms with van der Waals surface area (Å²) < 4.78 is 0. The first-order valence-electron chi connectivity index (χ1n) is 7.67. The molecule has 1 heterocycles. The largest absolute Gasteiger partial charge is 0.308 e. The quantitative estimate of drug-likeness (QED) is 0.892. The zero-order chi connectivity index (χ0) is 13.5. The third kappa shape index (κ3) is 2.01. The van der Waals surface area contributed by atoms with Gasteiger partial charge in [-0.25, -0.2) is 0 Å². The SMILES string of the molecule is CC1(C)C2CCC[C@@]1(C)C(NCc1ccccn1)C2. The minimum atomic E-state index is 0.449. The van der Waals surface area contributed by atoms with Gasteiger partial charge < -0.3 is 5.32 Å². The standard InChI is InChI=1S/C17H26N2/c1-16(2)13-7-6-9-17(16,3)15(11-13)19-12-14-8-4-5-10-18-14/h4-5,8,10,13,15,19H,6-7,9,11-12H2,1-3H3/t13?,15?,17-/m0/s1. The minimum Gasteiger partial charge on any atom is -0.308 e. The Kier molecular flexibility index (Phi) is 3.17. The molecule has 2 aliphatic rings. The summed E-state index contributed by atoms with van der Waals surface area (Å²) in [5.74, 6) is 0.896. The maximum Gasteiger partial charge on any atom is 0.0541 e. The van der Waals surface area contributed by atoms with Crippen molar-refractivity contribution in [2.75, 3.05) is 0 Å². The van der Waals surface area contributed by atoms with Crippen LogP contribution in [0, 0.1) is 16.7 Å². The van der Waals surface area contributed by atoms with Crippen molar-refractivity contribution in [2.24, 2.45) is 16.7 Å². The van der Waals surface area contributed by atoms with Crippen LogP contribution in [0.15, 0.2) is 24.4 Å². The van der Waals surface area contributed by atoms with E-state index < -0.39 is 0 Å². The van der Waals surface area contributed by atoms with Gasteiger partial charge in [-0.3, -0.25) is 4.98 Å². The van der Waals surface area contributed by atoms with Crippen LogP contribution in [0.5, 0.6) is 0 Å². The molecule has 0 radical (unpaired) electrons. The third-order valence-electron chi connectivity index (χ3n) is 6.29. The van der Waals surface area contributed by atoms with Crippen LogP contribution in [0.4, 0.5) is 0 Å². The normalized spacial score (nSPS) is 36.4. The van der Waals surface area contributed by atoms with Crippen molar-refractivity contribution in [2.45, 2.75) is 59.0 Å². The molecule has 19 heavy (non-hydrogen) atoms. The highest BCUT2D eigenvalue weighted by Gasteiger charge is 2.58. The second-order valence-corrected chi connectivity index (χ2v) is 7.22. The van der Waals surface area contributed by atoms with Crippen LogP contribution in [0.3, 0.4) is 0 Å². The second kappa shape index (κ2) is 4.59. The maximum absolute atomic E-state index is 4.42. The Bertz CT molecular complexity index is 440. The van der Waals surface area contributed by atoms with Gasteiger partial charge in [0.15, 0.2) is 0 Å². The van der Waals surface area contributed by atoms with Crippen molar-refractivity contribution in [1.29, 1.82) is 0 Å². The summed E-state index contributed by atoms with van der Waals surface area (Å²) >= 11 is 0. The summed E-state index contributed by atoms with van der Waals surface area (Å²) in [4.78, 5) is 4.42. The van der Waals surface area contributed by atoms with E-state index in [4.69, 9.17) is 0 Å². The smallest absolute Gasteiger partial charge is 0.0541 e. The predicted octanol–water partition coefficient (Wildman–Crippen LogP) is 3.78. The number of rotatable bonds is 3.